The molecule has 154 valence electrons. The van der Waals surface area contributed by atoms with E-state index in [1.54, 1.807) is 13.0 Å². The fourth-order valence-corrected chi connectivity index (χ4v) is 5.50. The molecule has 4 aromatic rings. The Hall–Kier alpha value is -2.82. The van der Waals surface area contributed by atoms with Crippen molar-refractivity contribution >= 4 is 61.1 Å². The molecule has 0 saturated heterocycles. The number of carbonyl (C=O) groups is 2. The summed E-state index contributed by atoms with van der Waals surface area (Å²) in [7, 11) is 0. The molecule has 0 aromatic carbocycles. The molecule has 4 heterocycles. The monoisotopic (exact) mass is 459 g/mol. The Morgan fingerprint density at radius 1 is 1.20 bits per heavy atom. The summed E-state index contributed by atoms with van der Waals surface area (Å²) in [5, 5.41) is 8.83. The molecule has 0 fully saturated rings. The predicted molar refractivity (Wildman–Crippen MR) is 121 cm³/mol. The van der Waals surface area contributed by atoms with E-state index < -0.39 is 5.97 Å². The topological polar surface area (TPSA) is 90.3 Å². The molecule has 0 radical (unpaired) electrons. The van der Waals surface area contributed by atoms with E-state index in [9.17, 15) is 14.4 Å². The smallest absolute Gasteiger partial charge is 0.341 e. The van der Waals surface area contributed by atoms with Gasteiger partial charge in [0.05, 0.1) is 18.5 Å². The van der Waals surface area contributed by atoms with Crippen LogP contribution in [0.4, 0.5) is 5.00 Å². The quantitative estimate of drug-likeness (QED) is 0.412. The molecule has 0 aliphatic heterocycles. The van der Waals surface area contributed by atoms with Crippen LogP contribution in [0.1, 0.15) is 23.7 Å². The van der Waals surface area contributed by atoms with Crippen LogP contribution in [-0.4, -0.2) is 28.0 Å². The minimum Gasteiger partial charge on any atom is -0.462 e. The number of esters is 1. The molecule has 1 amide bonds. The molecule has 0 unspecified atom stereocenters. The van der Waals surface area contributed by atoms with Gasteiger partial charge < -0.3 is 10.1 Å². The third kappa shape index (κ3) is 4.07. The Bertz CT molecular complexity index is 1250. The SMILES string of the molecule is CCOC(=O)c1c(-c2cccs2)csc1NC(=O)CCn1cnc2ccsc2c1=O. The zero-order valence-corrected chi connectivity index (χ0v) is 18.4. The number of nitrogens with zero attached hydrogens (tertiary/aromatic N) is 2. The molecule has 0 aliphatic rings. The lowest BCUT2D eigenvalue weighted by Crippen LogP contribution is -2.23. The highest BCUT2D eigenvalue weighted by atomic mass is 32.1. The number of hydrogen-bond donors (Lipinski definition) is 1. The van der Waals surface area contributed by atoms with Crippen LogP contribution < -0.4 is 10.9 Å². The summed E-state index contributed by atoms with van der Waals surface area (Å²) < 4.78 is 7.19. The Morgan fingerprint density at radius 3 is 2.83 bits per heavy atom. The molecule has 4 rings (SSSR count). The van der Waals surface area contributed by atoms with E-state index in [2.05, 4.69) is 10.3 Å². The summed E-state index contributed by atoms with van der Waals surface area (Å²) in [5.74, 6) is -0.765. The van der Waals surface area contributed by atoms with Gasteiger partial charge in [-0.3, -0.25) is 14.2 Å². The van der Waals surface area contributed by atoms with Crippen LogP contribution in [0, 0.1) is 0 Å². The number of fused-ring (bicyclic) bond motifs is 1. The number of aromatic nitrogens is 2. The van der Waals surface area contributed by atoms with Crippen molar-refractivity contribution in [2.45, 2.75) is 19.9 Å². The fourth-order valence-electron chi connectivity index (χ4n) is 2.92. The summed E-state index contributed by atoms with van der Waals surface area (Å²) >= 11 is 4.12. The van der Waals surface area contributed by atoms with Crippen LogP contribution in [0.2, 0.25) is 0 Å². The van der Waals surface area contributed by atoms with Gasteiger partial charge in [0.1, 0.15) is 15.3 Å². The number of nitrogens with one attached hydrogen (secondary N) is 1. The van der Waals surface area contributed by atoms with Crippen molar-refractivity contribution in [1.82, 2.24) is 9.55 Å². The second kappa shape index (κ2) is 8.90. The Morgan fingerprint density at radius 2 is 2.07 bits per heavy atom. The van der Waals surface area contributed by atoms with E-state index >= 15 is 0 Å². The van der Waals surface area contributed by atoms with Crippen LogP contribution in [0.25, 0.3) is 20.7 Å². The van der Waals surface area contributed by atoms with Crippen molar-refractivity contribution in [3.05, 3.63) is 56.6 Å². The van der Waals surface area contributed by atoms with Crippen LogP contribution in [0.15, 0.2) is 45.5 Å². The first kappa shape index (κ1) is 20.5. The number of carbonyl (C=O) groups excluding carboxylic acids is 2. The van der Waals surface area contributed by atoms with Crippen molar-refractivity contribution in [2.75, 3.05) is 11.9 Å². The van der Waals surface area contributed by atoms with Gasteiger partial charge >= 0.3 is 5.97 Å². The molecule has 1 N–H and O–H groups in total. The lowest BCUT2D eigenvalue weighted by atomic mass is 10.1. The standard InChI is InChI=1S/C20H17N3O4S3/c1-2-27-20(26)16-12(14-4-3-8-28-14)10-30-18(16)22-15(24)5-7-23-11-21-13-6-9-29-17(13)19(23)25/h3-4,6,8-11H,2,5,7H2,1H3,(H,22,24). The maximum atomic E-state index is 12.6. The minimum atomic E-state index is -0.471. The van der Waals surface area contributed by atoms with Crippen LogP contribution in [0.3, 0.4) is 0 Å². The van der Waals surface area contributed by atoms with E-state index in [0.29, 0.717) is 20.8 Å². The first-order valence-electron chi connectivity index (χ1n) is 9.13. The van der Waals surface area contributed by atoms with Gasteiger partial charge in [-0.15, -0.1) is 34.0 Å². The molecule has 0 spiro atoms. The average molecular weight is 460 g/mol. The highest BCUT2D eigenvalue weighted by molar-refractivity contribution is 7.17. The third-order valence-corrected chi connectivity index (χ3v) is 7.02. The van der Waals surface area contributed by atoms with Crippen molar-refractivity contribution in [3.63, 3.8) is 0 Å². The fraction of sp³-hybridized carbons (Fsp3) is 0.200. The number of aryl methyl sites for hydroxylation is 1. The summed E-state index contributed by atoms with van der Waals surface area (Å²) in [6, 6.07) is 5.61. The number of amides is 1. The van der Waals surface area contributed by atoms with Crippen LogP contribution in [-0.2, 0) is 16.1 Å². The Balaban J connectivity index is 1.52. The van der Waals surface area contributed by atoms with Crippen LogP contribution in [0.5, 0.6) is 0 Å². The zero-order valence-electron chi connectivity index (χ0n) is 15.9. The average Bonchev–Trinajstić information content (AvgIpc) is 3.48. The number of ether oxygens (including phenoxy) is 1. The van der Waals surface area contributed by atoms with E-state index in [-0.39, 0.29) is 31.0 Å². The van der Waals surface area contributed by atoms with Crippen molar-refractivity contribution in [1.29, 1.82) is 0 Å². The molecule has 4 aromatic heterocycles. The normalized spacial score (nSPS) is 11.0. The summed E-state index contributed by atoms with van der Waals surface area (Å²) in [6.45, 7) is 2.18. The third-order valence-electron chi connectivity index (χ3n) is 4.33. The number of rotatable bonds is 7. The molecule has 0 saturated carbocycles. The molecular weight excluding hydrogens is 442 g/mol. The van der Waals surface area contributed by atoms with Gasteiger partial charge in [0, 0.05) is 28.8 Å². The molecular formula is C20H17N3O4S3. The summed E-state index contributed by atoms with van der Waals surface area (Å²) in [5.41, 5.74) is 1.60. The van der Waals surface area contributed by atoms with E-state index in [1.807, 2.05) is 28.3 Å². The predicted octanol–water partition coefficient (Wildman–Crippen LogP) is 4.45. The highest BCUT2D eigenvalue weighted by Gasteiger charge is 2.23. The summed E-state index contributed by atoms with van der Waals surface area (Å²) in [4.78, 5) is 42.7. The van der Waals surface area contributed by atoms with Gasteiger partial charge in [-0.1, -0.05) is 6.07 Å². The lowest BCUT2D eigenvalue weighted by Gasteiger charge is -2.09. The van der Waals surface area contributed by atoms with Gasteiger partial charge in [-0.25, -0.2) is 9.78 Å². The van der Waals surface area contributed by atoms with Crippen molar-refractivity contribution < 1.29 is 14.3 Å². The molecule has 0 aliphatic carbocycles. The van der Waals surface area contributed by atoms with E-state index in [4.69, 9.17) is 4.74 Å². The summed E-state index contributed by atoms with van der Waals surface area (Å²) in [6.07, 6.45) is 1.53. The largest absolute Gasteiger partial charge is 0.462 e. The molecule has 10 heteroatoms. The number of anilines is 1. The van der Waals surface area contributed by atoms with E-state index in [1.165, 1.54) is 44.9 Å². The van der Waals surface area contributed by atoms with Gasteiger partial charge in [-0.2, -0.15) is 0 Å². The first-order chi connectivity index (χ1) is 14.6. The van der Waals surface area contributed by atoms with Crippen LogP contribution >= 0.6 is 34.0 Å². The zero-order chi connectivity index (χ0) is 21.1. The Labute approximate surface area is 183 Å². The Kier molecular flexibility index (Phi) is 6.07. The van der Waals surface area contributed by atoms with Gasteiger partial charge in [0.25, 0.3) is 5.56 Å². The minimum absolute atomic E-state index is 0.0764. The molecule has 0 atom stereocenters. The van der Waals surface area contributed by atoms with E-state index in [0.717, 1.165) is 10.4 Å². The lowest BCUT2D eigenvalue weighted by molar-refractivity contribution is -0.116. The van der Waals surface area contributed by atoms with Gasteiger partial charge in [0.15, 0.2) is 0 Å². The van der Waals surface area contributed by atoms with Crippen molar-refractivity contribution in [2.24, 2.45) is 0 Å². The molecule has 0 bridgehead atoms. The van der Waals surface area contributed by atoms with Gasteiger partial charge in [0.2, 0.25) is 5.91 Å². The number of hydrogen-bond acceptors (Lipinski definition) is 8. The van der Waals surface area contributed by atoms with Crippen molar-refractivity contribution in [3.8, 4) is 10.4 Å². The maximum absolute atomic E-state index is 12.6. The highest BCUT2D eigenvalue weighted by Crippen LogP contribution is 2.38. The molecule has 30 heavy (non-hydrogen) atoms. The maximum Gasteiger partial charge on any atom is 0.341 e. The second-order valence-electron chi connectivity index (χ2n) is 6.23. The number of thiophene rings is 3. The second-order valence-corrected chi connectivity index (χ2v) is 8.97. The first-order valence-corrected chi connectivity index (χ1v) is 11.8. The van der Waals surface area contributed by atoms with Gasteiger partial charge in [-0.05, 0) is 29.8 Å². The molecule has 7 nitrogen and oxygen atoms in total.